The van der Waals surface area contributed by atoms with E-state index in [0.29, 0.717) is 12.8 Å². The first-order valence-corrected chi connectivity index (χ1v) is 4.03. The van der Waals surface area contributed by atoms with Crippen molar-refractivity contribution >= 4 is 5.97 Å². The lowest BCUT2D eigenvalue weighted by atomic mass is 9.81. The second kappa shape index (κ2) is 3.37. The van der Waals surface area contributed by atoms with E-state index in [0.717, 1.165) is 13.3 Å². The summed E-state index contributed by atoms with van der Waals surface area (Å²) in [6, 6.07) is 0. The number of ether oxygens (including phenoxy) is 1. The van der Waals surface area contributed by atoms with Gasteiger partial charge in [-0.3, -0.25) is 4.79 Å². The minimum Gasteiger partial charge on any atom is -0.459 e. The number of halogens is 2. The molecular formula is C8H12F2O2. The van der Waals surface area contributed by atoms with Crippen LogP contribution >= 0.6 is 0 Å². The summed E-state index contributed by atoms with van der Waals surface area (Å²) < 4.78 is 30.2. The highest BCUT2D eigenvalue weighted by atomic mass is 19.3. The fraction of sp³-hybridized carbons (Fsp3) is 0.875. The number of hydrogen-bond donors (Lipinski definition) is 0. The molecule has 70 valence electrons. The van der Waals surface area contributed by atoms with Crippen LogP contribution in [-0.4, -0.2) is 18.5 Å². The first kappa shape index (κ1) is 9.42. The van der Waals surface area contributed by atoms with E-state index in [1.807, 2.05) is 0 Å². The summed E-state index contributed by atoms with van der Waals surface area (Å²) in [6.45, 7) is 0.379. The molecule has 1 aliphatic carbocycles. The number of carbonyl (C=O) groups excluding carboxylic acids is 1. The predicted molar refractivity (Wildman–Crippen MR) is 38.9 cm³/mol. The van der Waals surface area contributed by atoms with E-state index in [-0.39, 0.29) is 0 Å². The lowest BCUT2D eigenvalue weighted by Crippen LogP contribution is -2.38. The molecule has 0 aliphatic heterocycles. The van der Waals surface area contributed by atoms with Crippen molar-refractivity contribution in [3.8, 4) is 0 Å². The van der Waals surface area contributed by atoms with Crippen LogP contribution in [-0.2, 0) is 9.53 Å². The predicted octanol–water partition coefficient (Wildman–Crippen LogP) is 1.98. The molecule has 0 spiro atoms. The average molecular weight is 178 g/mol. The fourth-order valence-corrected chi connectivity index (χ4v) is 1.15. The summed E-state index contributed by atoms with van der Waals surface area (Å²) in [5.74, 6) is -4.03. The SMILES string of the molecule is CC(=O)OCC(F)(F)C1CCC1. The van der Waals surface area contributed by atoms with Gasteiger partial charge >= 0.3 is 5.97 Å². The maximum absolute atomic E-state index is 13.0. The molecule has 0 atom stereocenters. The number of hydrogen-bond acceptors (Lipinski definition) is 2. The third kappa shape index (κ3) is 2.16. The lowest BCUT2D eigenvalue weighted by Gasteiger charge is -2.32. The summed E-state index contributed by atoms with van der Waals surface area (Å²) >= 11 is 0. The van der Waals surface area contributed by atoms with Gasteiger partial charge in [0.2, 0.25) is 0 Å². The van der Waals surface area contributed by atoms with Gasteiger partial charge in [-0.15, -0.1) is 0 Å². The first-order valence-electron chi connectivity index (χ1n) is 4.03. The van der Waals surface area contributed by atoms with Crippen molar-refractivity contribution in [2.45, 2.75) is 32.1 Å². The number of rotatable bonds is 3. The van der Waals surface area contributed by atoms with Crippen LogP contribution in [0.25, 0.3) is 0 Å². The molecule has 0 aromatic carbocycles. The summed E-state index contributed by atoms with van der Waals surface area (Å²) in [5.41, 5.74) is 0. The number of carbonyl (C=O) groups is 1. The normalized spacial score (nSPS) is 18.6. The van der Waals surface area contributed by atoms with Crippen LogP contribution in [0.3, 0.4) is 0 Å². The quantitative estimate of drug-likeness (QED) is 0.618. The van der Waals surface area contributed by atoms with Crippen LogP contribution in [0.15, 0.2) is 0 Å². The monoisotopic (exact) mass is 178 g/mol. The van der Waals surface area contributed by atoms with Gasteiger partial charge in [0.25, 0.3) is 5.92 Å². The minimum atomic E-state index is -2.82. The van der Waals surface area contributed by atoms with Crippen LogP contribution in [0.5, 0.6) is 0 Å². The topological polar surface area (TPSA) is 26.3 Å². The van der Waals surface area contributed by atoms with Gasteiger partial charge in [-0.2, -0.15) is 0 Å². The van der Waals surface area contributed by atoms with E-state index in [4.69, 9.17) is 0 Å². The minimum absolute atomic E-state index is 0.550. The van der Waals surface area contributed by atoms with Crippen molar-refractivity contribution in [3.63, 3.8) is 0 Å². The molecule has 0 heterocycles. The molecule has 0 N–H and O–H groups in total. The second-order valence-corrected chi connectivity index (χ2v) is 3.17. The highest BCUT2D eigenvalue weighted by molar-refractivity contribution is 5.65. The van der Waals surface area contributed by atoms with E-state index >= 15 is 0 Å². The summed E-state index contributed by atoms with van der Waals surface area (Å²) in [7, 11) is 0. The summed E-state index contributed by atoms with van der Waals surface area (Å²) in [4.78, 5) is 10.3. The molecule has 1 saturated carbocycles. The van der Waals surface area contributed by atoms with E-state index in [1.165, 1.54) is 0 Å². The Kier molecular flexibility index (Phi) is 2.65. The summed E-state index contributed by atoms with van der Waals surface area (Å²) in [6.07, 6.45) is 1.96. The molecule has 0 aromatic rings. The van der Waals surface area contributed by atoms with Crippen molar-refractivity contribution in [1.29, 1.82) is 0 Å². The van der Waals surface area contributed by atoms with Gasteiger partial charge in [-0.05, 0) is 12.8 Å². The first-order chi connectivity index (χ1) is 5.52. The Hall–Kier alpha value is -0.670. The van der Waals surface area contributed by atoms with E-state index in [9.17, 15) is 13.6 Å². The third-order valence-corrected chi connectivity index (χ3v) is 2.17. The molecule has 12 heavy (non-hydrogen) atoms. The molecule has 0 radical (unpaired) electrons. The molecule has 0 saturated heterocycles. The highest BCUT2D eigenvalue weighted by Gasteiger charge is 2.43. The molecule has 0 unspecified atom stereocenters. The Morgan fingerprint density at radius 3 is 2.50 bits per heavy atom. The van der Waals surface area contributed by atoms with Crippen molar-refractivity contribution in [2.24, 2.45) is 5.92 Å². The fourth-order valence-electron chi connectivity index (χ4n) is 1.15. The molecular weight excluding hydrogens is 166 g/mol. The Morgan fingerprint density at radius 1 is 1.58 bits per heavy atom. The van der Waals surface area contributed by atoms with E-state index < -0.39 is 24.4 Å². The Balaban J connectivity index is 2.31. The molecule has 1 fully saturated rings. The van der Waals surface area contributed by atoms with Gasteiger partial charge in [0.1, 0.15) is 0 Å². The van der Waals surface area contributed by atoms with E-state index in [2.05, 4.69) is 4.74 Å². The van der Waals surface area contributed by atoms with E-state index in [1.54, 1.807) is 0 Å². The van der Waals surface area contributed by atoms with Gasteiger partial charge in [0.15, 0.2) is 6.61 Å². The number of alkyl halides is 2. The Labute approximate surface area is 69.9 Å². The molecule has 0 amide bonds. The van der Waals surface area contributed by atoms with Crippen LogP contribution in [0, 0.1) is 5.92 Å². The van der Waals surface area contributed by atoms with Crippen molar-refractivity contribution in [2.75, 3.05) is 6.61 Å². The van der Waals surface area contributed by atoms with Gasteiger partial charge in [-0.1, -0.05) is 6.42 Å². The zero-order chi connectivity index (χ0) is 9.19. The Morgan fingerprint density at radius 2 is 2.17 bits per heavy atom. The second-order valence-electron chi connectivity index (χ2n) is 3.17. The van der Waals surface area contributed by atoms with Crippen molar-refractivity contribution in [3.05, 3.63) is 0 Å². The highest BCUT2D eigenvalue weighted by Crippen LogP contribution is 2.39. The average Bonchev–Trinajstić information content (AvgIpc) is 1.78. The molecule has 1 rings (SSSR count). The molecule has 1 aliphatic rings. The third-order valence-electron chi connectivity index (χ3n) is 2.17. The van der Waals surface area contributed by atoms with Gasteiger partial charge in [0.05, 0.1) is 0 Å². The standard InChI is InChI=1S/C8H12F2O2/c1-6(11)12-5-8(9,10)7-3-2-4-7/h7H,2-5H2,1H3. The molecule has 4 heteroatoms. The van der Waals surface area contributed by atoms with Crippen LogP contribution in [0.2, 0.25) is 0 Å². The largest absolute Gasteiger partial charge is 0.459 e. The molecule has 0 aromatic heterocycles. The van der Waals surface area contributed by atoms with Gasteiger partial charge < -0.3 is 4.74 Å². The smallest absolute Gasteiger partial charge is 0.302 e. The maximum Gasteiger partial charge on any atom is 0.302 e. The van der Waals surface area contributed by atoms with Crippen LogP contribution in [0.1, 0.15) is 26.2 Å². The molecule has 0 bridgehead atoms. The Bertz CT molecular complexity index is 176. The van der Waals surface area contributed by atoms with Crippen molar-refractivity contribution in [1.82, 2.24) is 0 Å². The van der Waals surface area contributed by atoms with Crippen LogP contribution < -0.4 is 0 Å². The van der Waals surface area contributed by atoms with Gasteiger partial charge in [-0.25, -0.2) is 8.78 Å². The lowest BCUT2D eigenvalue weighted by molar-refractivity contribution is -0.165. The zero-order valence-corrected chi connectivity index (χ0v) is 6.98. The van der Waals surface area contributed by atoms with Crippen molar-refractivity contribution < 1.29 is 18.3 Å². The van der Waals surface area contributed by atoms with Crippen LogP contribution in [0.4, 0.5) is 8.78 Å². The number of esters is 1. The summed E-state index contributed by atoms with van der Waals surface area (Å²) in [5, 5.41) is 0. The van der Waals surface area contributed by atoms with Gasteiger partial charge in [0, 0.05) is 12.8 Å². The maximum atomic E-state index is 13.0. The molecule has 2 nitrogen and oxygen atoms in total. The zero-order valence-electron chi connectivity index (χ0n) is 6.98.